The zero-order chi connectivity index (χ0) is 13.9. The van der Waals surface area contributed by atoms with Crippen molar-refractivity contribution in [3.05, 3.63) is 24.3 Å². The number of piperidine rings is 1. The molecule has 1 heterocycles. The van der Waals surface area contributed by atoms with Crippen LogP contribution in [-0.4, -0.2) is 45.2 Å². The van der Waals surface area contributed by atoms with Gasteiger partial charge in [0.2, 0.25) is 10.0 Å². The van der Waals surface area contributed by atoms with Crippen molar-refractivity contribution in [1.29, 1.82) is 0 Å². The van der Waals surface area contributed by atoms with Gasteiger partial charge in [0, 0.05) is 19.1 Å². The Hall–Kier alpha value is -1.27. The summed E-state index contributed by atoms with van der Waals surface area (Å²) in [4.78, 5) is 0. The number of ether oxygens (including phenoxy) is 1. The van der Waals surface area contributed by atoms with Crippen molar-refractivity contribution in [1.82, 2.24) is 4.31 Å². The molecule has 1 aliphatic rings. The average molecular weight is 284 g/mol. The molecule has 0 saturated carbocycles. The van der Waals surface area contributed by atoms with Crippen LogP contribution in [-0.2, 0) is 10.0 Å². The molecule has 1 aliphatic heterocycles. The highest BCUT2D eigenvalue weighted by molar-refractivity contribution is 7.88. The summed E-state index contributed by atoms with van der Waals surface area (Å²) in [7, 11) is -1.41. The van der Waals surface area contributed by atoms with E-state index in [-0.39, 0.29) is 6.04 Å². The second kappa shape index (κ2) is 5.79. The minimum Gasteiger partial charge on any atom is -0.495 e. The number of nitrogens with one attached hydrogen (secondary N) is 1. The van der Waals surface area contributed by atoms with Gasteiger partial charge in [0.1, 0.15) is 5.75 Å². The van der Waals surface area contributed by atoms with Crippen molar-refractivity contribution in [2.45, 2.75) is 18.9 Å². The Labute approximate surface area is 114 Å². The smallest absolute Gasteiger partial charge is 0.211 e. The molecule has 1 aromatic carbocycles. The van der Waals surface area contributed by atoms with E-state index in [1.807, 2.05) is 24.3 Å². The van der Waals surface area contributed by atoms with Gasteiger partial charge in [0.05, 0.1) is 19.1 Å². The van der Waals surface area contributed by atoms with Crippen LogP contribution in [0.4, 0.5) is 5.69 Å². The highest BCUT2D eigenvalue weighted by Crippen LogP contribution is 2.26. The van der Waals surface area contributed by atoms with E-state index in [1.165, 1.54) is 10.6 Å². The van der Waals surface area contributed by atoms with Crippen LogP contribution in [0, 0.1) is 0 Å². The lowest BCUT2D eigenvalue weighted by Gasteiger charge is -2.31. The van der Waals surface area contributed by atoms with Crippen LogP contribution in [0.1, 0.15) is 12.8 Å². The number of benzene rings is 1. The van der Waals surface area contributed by atoms with Gasteiger partial charge < -0.3 is 10.1 Å². The van der Waals surface area contributed by atoms with E-state index >= 15 is 0 Å². The Balaban J connectivity index is 1.96. The third kappa shape index (κ3) is 3.61. The van der Waals surface area contributed by atoms with E-state index in [9.17, 15) is 8.42 Å². The number of para-hydroxylation sites is 2. The van der Waals surface area contributed by atoms with Gasteiger partial charge in [-0.05, 0) is 25.0 Å². The molecular weight excluding hydrogens is 264 g/mol. The molecule has 106 valence electrons. The van der Waals surface area contributed by atoms with E-state index in [0.29, 0.717) is 13.1 Å². The molecular formula is C13H20N2O3S. The zero-order valence-corrected chi connectivity index (χ0v) is 12.1. The number of methoxy groups -OCH3 is 1. The predicted molar refractivity (Wildman–Crippen MR) is 76.1 cm³/mol. The maximum atomic E-state index is 11.4. The summed E-state index contributed by atoms with van der Waals surface area (Å²) in [5.41, 5.74) is 0.961. The van der Waals surface area contributed by atoms with Crippen LogP contribution in [0.5, 0.6) is 5.75 Å². The van der Waals surface area contributed by atoms with E-state index in [1.54, 1.807) is 7.11 Å². The minimum atomic E-state index is -3.05. The summed E-state index contributed by atoms with van der Waals surface area (Å²) in [6.45, 7) is 1.15. The van der Waals surface area contributed by atoms with Crippen LogP contribution in [0.25, 0.3) is 0 Å². The second-order valence-electron chi connectivity index (χ2n) is 4.78. The van der Waals surface area contributed by atoms with E-state index < -0.39 is 10.0 Å². The first-order valence-electron chi connectivity index (χ1n) is 6.35. The molecule has 6 heteroatoms. The molecule has 1 fully saturated rings. The summed E-state index contributed by atoms with van der Waals surface area (Å²) >= 11 is 0. The van der Waals surface area contributed by atoms with Crippen LogP contribution < -0.4 is 10.1 Å². The Morgan fingerprint density at radius 3 is 2.47 bits per heavy atom. The number of hydrogen-bond donors (Lipinski definition) is 1. The third-order valence-corrected chi connectivity index (χ3v) is 4.69. The molecule has 0 aliphatic carbocycles. The third-order valence-electron chi connectivity index (χ3n) is 3.39. The summed E-state index contributed by atoms with van der Waals surface area (Å²) in [6.07, 6.45) is 2.89. The molecule has 0 unspecified atom stereocenters. The van der Waals surface area contributed by atoms with Crippen molar-refractivity contribution >= 4 is 15.7 Å². The maximum absolute atomic E-state index is 11.4. The summed E-state index contributed by atoms with van der Waals surface area (Å²) in [5, 5.41) is 3.43. The van der Waals surface area contributed by atoms with Crippen molar-refractivity contribution in [3.8, 4) is 5.75 Å². The van der Waals surface area contributed by atoms with Crippen LogP contribution >= 0.6 is 0 Å². The van der Waals surface area contributed by atoms with Crippen LogP contribution in [0.2, 0.25) is 0 Å². The molecule has 0 aromatic heterocycles. The van der Waals surface area contributed by atoms with E-state index in [4.69, 9.17) is 4.74 Å². The highest BCUT2D eigenvalue weighted by atomic mass is 32.2. The van der Waals surface area contributed by atoms with Crippen molar-refractivity contribution in [3.63, 3.8) is 0 Å². The maximum Gasteiger partial charge on any atom is 0.211 e. The summed E-state index contributed by atoms with van der Waals surface area (Å²) < 4.78 is 29.7. The number of hydrogen-bond acceptors (Lipinski definition) is 4. The van der Waals surface area contributed by atoms with Gasteiger partial charge in [-0.25, -0.2) is 12.7 Å². The van der Waals surface area contributed by atoms with Crippen molar-refractivity contribution in [2.75, 3.05) is 31.8 Å². The fourth-order valence-corrected chi connectivity index (χ4v) is 3.19. The van der Waals surface area contributed by atoms with Gasteiger partial charge in [0.25, 0.3) is 0 Å². The molecule has 2 rings (SSSR count). The minimum absolute atomic E-state index is 0.286. The lowest BCUT2D eigenvalue weighted by atomic mass is 10.1. The molecule has 0 amide bonds. The van der Waals surface area contributed by atoms with Gasteiger partial charge in [-0.15, -0.1) is 0 Å². The molecule has 0 radical (unpaired) electrons. The van der Waals surface area contributed by atoms with Gasteiger partial charge in [-0.2, -0.15) is 0 Å². The quantitative estimate of drug-likeness (QED) is 0.911. The first-order chi connectivity index (χ1) is 9.00. The fourth-order valence-electron chi connectivity index (χ4n) is 2.32. The van der Waals surface area contributed by atoms with Crippen molar-refractivity contribution < 1.29 is 13.2 Å². The lowest BCUT2D eigenvalue weighted by molar-refractivity contribution is 0.331. The van der Waals surface area contributed by atoms with Gasteiger partial charge >= 0.3 is 0 Å². The Kier molecular flexibility index (Phi) is 4.31. The zero-order valence-electron chi connectivity index (χ0n) is 11.3. The van der Waals surface area contributed by atoms with Gasteiger partial charge in [-0.3, -0.25) is 0 Å². The first kappa shape index (κ1) is 14.1. The molecule has 5 nitrogen and oxygen atoms in total. The SMILES string of the molecule is COc1ccccc1NC1CCN(S(C)(=O)=O)CC1. The largest absolute Gasteiger partial charge is 0.495 e. The molecule has 1 N–H and O–H groups in total. The number of sulfonamides is 1. The molecule has 0 spiro atoms. The molecule has 0 bridgehead atoms. The van der Waals surface area contributed by atoms with Gasteiger partial charge in [-0.1, -0.05) is 12.1 Å². The van der Waals surface area contributed by atoms with Gasteiger partial charge in [0.15, 0.2) is 0 Å². The lowest BCUT2D eigenvalue weighted by Crippen LogP contribution is -2.41. The Bertz CT molecular complexity index is 522. The topological polar surface area (TPSA) is 58.6 Å². The molecule has 1 aromatic rings. The predicted octanol–water partition coefficient (Wildman–Crippen LogP) is 1.53. The molecule has 0 atom stereocenters. The first-order valence-corrected chi connectivity index (χ1v) is 8.20. The van der Waals surface area contributed by atoms with E-state index in [2.05, 4.69) is 5.32 Å². The average Bonchev–Trinajstić information content (AvgIpc) is 2.39. The van der Waals surface area contributed by atoms with Crippen LogP contribution in [0.3, 0.4) is 0 Å². The van der Waals surface area contributed by atoms with Crippen LogP contribution in [0.15, 0.2) is 24.3 Å². The monoisotopic (exact) mass is 284 g/mol. The number of anilines is 1. The Morgan fingerprint density at radius 2 is 1.89 bits per heavy atom. The highest BCUT2D eigenvalue weighted by Gasteiger charge is 2.25. The standard InChI is InChI=1S/C13H20N2O3S/c1-18-13-6-4-3-5-12(13)14-11-7-9-15(10-8-11)19(2,16)17/h3-6,11,14H,7-10H2,1-2H3. The summed E-state index contributed by atoms with van der Waals surface area (Å²) in [6, 6.07) is 8.05. The van der Waals surface area contributed by atoms with Crippen molar-refractivity contribution in [2.24, 2.45) is 0 Å². The Morgan fingerprint density at radius 1 is 1.26 bits per heavy atom. The fraction of sp³-hybridized carbons (Fsp3) is 0.538. The number of nitrogens with zero attached hydrogens (tertiary/aromatic N) is 1. The summed E-state index contributed by atoms with van der Waals surface area (Å²) in [5.74, 6) is 0.813. The number of rotatable bonds is 4. The van der Waals surface area contributed by atoms with E-state index in [0.717, 1.165) is 24.3 Å². The molecule has 1 saturated heterocycles. The normalized spacial score (nSPS) is 18.2. The molecule has 19 heavy (non-hydrogen) atoms. The second-order valence-corrected chi connectivity index (χ2v) is 6.76.